The summed E-state index contributed by atoms with van der Waals surface area (Å²) in [6, 6.07) is 14.3. The number of nitrogens with two attached hydrogens (primary N) is 1. The topological polar surface area (TPSA) is 59.0 Å². The molecule has 90 valence electrons. The van der Waals surface area contributed by atoms with Gasteiger partial charge in [0.05, 0.1) is 11.6 Å². The third kappa shape index (κ3) is 2.93. The highest BCUT2D eigenvalue weighted by atomic mass is 35.5. The summed E-state index contributed by atoms with van der Waals surface area (Å²) in [4.78, 5) is 0. The van der Waals surface area contributed by atoms with Crippen LogP contribution in [0.15, 0.2) is 42.5 Å². The van der Waals surface area contributed by atoms with Gasteiger partial charge >= 0.3 is 0 Å². The first-order chi connectivity index (χ1) is 8.69. The molecule has 2 N–H and O–H groups in total. The highest BCUT2D eigenvalue weighted by molar-refractivity contribution is 6.31. The lowest BCUT2D eigenvalue weighted by atomic mass is 10.1. The molecule has 2 rings (SSSR count). The molecule has 0 heterocycles. The van der Waals surface area contributed by atoms with Crippen molar-refractivity contribution in [3.63, 3.8) is 0 Å². The minimum Gasteiger partial charge on any atom is -0.489 e. The van der Waals surface area contributed by atoms with E-state index in [1.807, 2.05) is 18.2 Å². The third-order valence-corrected chi connectivity index (χ3v) is 2.79. The van der Waals surface area contributed by atoms with E-state index in [0.717, 1.165) is 5.56 Å². The average Bonchev–Trinajstić information content (AvgIpc) is 2.37. The van der Waals surface area contributed by atoms with E-state index in [4.69, 9.17) is 27.3 Å². The molecule has 0 spiro atoms. The Balaban J connectivity index is 2.09. The normalized spacial score (nSPS) is 9.78. The highest BCUT2D eigenvalue weighted by Crippen LogP contribution is 2.21. The molecule has 4 heteroatoms. The Hall–Kier alpha value is -2.18. The second-order valence-corrected chi connectivity index (χ2v) is 4.19. The molecule has 0 radical (unpaired) electrons. The molecule has 0 unspecified atom stereocenters. The first-order valence-corrected chi connectivity index (χ1v) is 5.73. The van der Waals surface area contributed by atoms with Crippen molar-refractivity contribution < 1.29 is 4.74 Å². The average molecular weight is 259 g/mol. The number of nitriles is 1. The van der Waals surface area contributed by atoms with E-state index in [-0.39, 0.29) is 0 Å². The van der Waals surface area contributed by atoms with Crippen LogP contribution in [0.3, 0.4) is 0 Å². The SMILES string of the molecule is N#Cc1ccc(COc2cccc(N)c2)c(Cl)c1. The fourth-order valence-corrected chi connectivity index (χ4v) is 1.73. The van der Waals surface area contributed by atoms with E-state index in [1.165, 1.54) is 0 Å². The first-order valence-electron chi connectivity index (χ1n) is 5.36. The minimum absolute atomic E-state index is 0.341. The summed E-state index contributed by atoms with van der Waals surface area (Å²) >= 11 is 6.05. The summed E-state index contributed by atoms with van der Waals surface area (Å²) in [5.41, 5.74) is 7.67. The lowest BCUT2D eigenvalue weighted by Gasteiger charge is -2.08. The van der Waals surface area contributed by atoms with Crippen LogP contribution in [0.25, 0.3) is 0 Å². The summed E-state index contributed by atoms with van der Waals surface area (Å²) < 4.78 is 5.58. The van der Waals surface area contributed by atoms with Gasteiger partial charge in [0.2, 0.25) is 0 Å². The molecule has 0 saturated carbocycles. The zero-order valence-corrected chi connectivity index (χ0v) is 10.3. The summed E-state index contributed by atoms with van der Waals surface area (Å²) in [6.07, 6.45) is 0. The summed E-state index contributed by atoms with van der Waals surface area (Å²) in [7, 11) is 0. The quantitative estimate of drug-likeness (QED) is 0.859. The van der Waals surface area contributed by atoms with Crippen molar-refractivity contribution in [1.29, 1.82) is 5.26 Å². The van der Waals surface area contributed by atoms with Gasteiger partial charge in [-0.3, -0.25) is 0 Å². The maximum Gasteiger partial charge on any atom is 0.121 e. The molecule has 0 fully saturated rings. The van der Waals surface area contributed by atoms with Gasteiger partial charge in [-0.1, -0.05) is 23.7 Å². The van der Waals surface area contributed by atoms with Crippen molar-refractivity contribution in [2.75, 3.05) is 5.73 Å². The van der Waals surface area contributed by atoms with Crippen molar-refractivity contribution in [2.45, 2.75) is 6.61 Å². The van der Waals surface area contributed by atoms with Crippen LogP contribution in [0.2, 0.25) is 5.02 Å². The standard InChI is InChI=1S/C14H11ClN2O/c15-14-6-10(8-16)4-5-11(14)9-18-13-3-1-2-12(17)7-13/h1-7H,9,17H2. The van der Waals surface area contributed by atoms with Crippen LogP contribution in [0, 0.1) is 11.3 Å². The van der Waals surface area contributed by atoms with Crippen LogP contribution in [0.5, 0.6) is 5.75 Å². The molecule has 3 nitrogen and oxygen atoms in total. The van der Waals surface area contributed by atoms with Crippen LogP contribution < -0.4 is 10.5 Å². The number of hydrogen-bond donors (Lipinski definition) is 1. The Morgan fingerprint density at radius 1 is 1.22 bits per heavy atom. The number of rotatable bonds is 3. The van der Waals surface area contributed by atoms with Gasteiger partial charge in [-0.15, -0.1) is 0 Å². The third-order valence-electron chi connectivity index (χ3n) is 2.43. The molecule has 0 saturated heterocycles. The summed E-state index contributed by atoms with van der Waals surface area (Å²) in [5.74, 6) is 0.690. The van der Waals surface area contributed by atoms with Crippen LogP contribution in [-0.2, 0) is 6.61 Å². The largest absolute Gasteiger partial charge is 0.489 e. The van der Waals surface area contributed by atoms with Gasteiger partial charge in [-0.2, -0.15) is 5.26 Å². The number of anilines is 1. The lowest BCUT2D eigenvalue weighted by Crippen LogP contribution is -1.97. The molecule has 18 heavy (non-hydrogen) atoms. The maximum absolute atomic E-state index is 8.74. The van der Waals surface area contributed by atoms with Gasteiger partial charge in [-0.25, -0.2) is 0 Å². The number of ether oxygens (including phenoxy) is 1. The Morgan fingerprint density at radius 2 is 2.06 bits per heavy atom. The van der Waals surface area contributed by atoms with E-state index in [0.29, 0.717) is 28.6 Å². The molecule has 0 aliphatic heterocycles. The predicted octanol–water partition coefficient (Wildman–Crippen LogP) is 3.37. The Morgan fingerprint density at radius 3 is 2.72 bits per heavy atom. The second-order valence-electron chi connectivity index (χ2n) is 3.78. The first kappa shape index (κ1) is 12.3. The van der Waals surface area contributed by atoms with Gasteiger partial charge < -0.3 is 10.5 Å². The molecular weight excluding hydrogens is 248 g/mol. The monoisotopic (exact) mass is 258 g/mol. The summed E-state index contributed by atoms with van der Waals surface area (Å²) in [6.45, 7) is 0.341. The van der Waals surface area contributed by atoms with E-state index in [2.05, 4.69) is 0 Å². The van der Waals surface area contributed by atoms with E-state index in [9.17, 15) is 0 Å². The zero-order valence-electron chi connectivity index (χ0n) is 9.56. The van der Waals surface area contributed by atoms with Gasteiger partial charge in [0.15, 0.2) is 0 Å². The maximum atomic E-state index is 8.74. The van der Waals surface area contributed by atoms with Gasteiger partial charge in [0.1, 0.15) is 12.4 Å². The van der Waals surface area contributed by atoms with E-state index < -0.39 is 0 Å². The predicted molar refractivity (Wildman–Crippen MR) is 71.4 cm³/mol. The van der Waals surface area contributed by atoms with Crippen molar-refractivity contribution in [2.24, 2.45) is 0 Å². The van der Waals surface area contributed by atoms with Crippen molar-refractivity contribution >= 4 is 17.3 Å². The van der Waals surface area contributed by atoms with E-state index >= 15 is 0 Å². The molecular formula is C14H11ClN2O. The minimum atomic E-state index is 0.341. The van der Waals surface area contributed by atoms with Gasteiger partial charge in [0.25, 0.3) is 0 Å². The molecule has 2 aromatic rings. The molecule has 0 amide bonds. The molecule has 0 aliphatic carbocycles. The van der Waals surface area contributed by atoms with Crippen molar-refractivity contribution in [1.82, 2.24) is 0 Å². The molecule has 0 aromatic heterocycles. The van der Waals surface area contributed by atoms with E-state index in [1.54, 1.807) is 30.3 Å². The number of halogens is 1. The number of benzene rings is 2. The molecule has 0 bridgehead atoms. The molecule has 0 aliphatic rings. The number of nitrogens with zero attached hydrogens (tertiary/aromatic N) is 1. The van der Waals surface area contributed by atoms with Crippen LogP contribution in [0.4, 0.5) is 5.69 Å². The van der Waals surface area contributed by atoms with Crippen molar-refractivity contribution in [3.05, 3.63) is 58.6 Å². The molecule has 0 atom stereocenters. The zero-order chi connectivity index (χ0) is 13.0. The lowest BCUT2D eigenvalue weighted by molar-refractivity contribution is 0.306. The van der Waals surface area contributed by atoms with Crippen LogP contribution in [0.1, 0.15) is 11.1 Å². The fourth-order valence-electron chi connectivity index (χ4n) is 1.50. The molecule has 2 aromatic carbocycles. The smallest absolute Gasteiger partial charge is 0.121 e. The van der Waals surface area contributed by atoms with Gasteiger partial charge in [-0.05, 0) is 24.3 Å². The van der Waals surface area contributed by atoms with Gasteiger partial charge in [0, 0.05) is 22.3 Å². The Kier molecular flexibility index (Phi) is 3.71. The van der Waals surface area contributed by atoms with Crippen molar-refractivity contribution in [3.8, 4) is 11.8 Å². The second kappa shape index (κ2) is 5.44. The highest BCUT2D eigenvalue weighted by Gasteiger charge is 2.03. The van der Waals surface area contributed by atoms with Crippen LogP contribution >= 0.6 is 11.6 Å². The Labute approximate surface area is 110 Å². The number of hydrogen-bond acceptors (Lipinski definition) is 3. The number of nitrogen functional groups attached to an aromatic ring is 1. The van der Waals surface area contributed by atoms with Crippen LogP contribution in [-0.4, -0.2) is 0 Å². The Bertz CT molecular complexity index is 605. The fraction of sp³-hybridized carbons (Fsp3) is 0.0714. The summed E-state index contributed by atoms with van der Waals surface area (Å²) in [5, 5.41) is 9.26.